The molecule has 5 heteroatoms. The number of thioether (sulfide) groups is 1. The molecule has 0 aliphatic heterocycles. The standard InChI is InChI=1S/C11H20O3S2/c1-2-10-4-6-11(7-5-10)15-8-3-9-16(12,13)14/h2,10-11H,1,3-9H2,(H,12,13,14). The molecule has 1 rings (SSSR count). The fourth-order valence-corrected chi connectivity index (χ4v) is 3.92. The Bertz CT molecular complexity index is 303. The van der Waals surface area contributed by atoms with E-state index in [-0.39, 0.29) is 5.75 Å². The Hall–Kier alpha value is -0.0000000000000000763. The van der Waals surface area contributed by atoms with E-state index in [0.717, 1.165) is 5.75 Å². The minimum absolute atomic E-state index is 0.109. The van der Waals surface area contributed by atoms with E-state index in [9.17, 15) is 8.42 Å². The molecule has 1 aliphatic rings. The van der Waals surface area contributed by atoms with Gasteiger partial charge in [-0.1, -0.05) is 6.08 Å². The van der Waals surface area contributed by atoms with E-state index in [0.29, 0.717) is 17.6 Å². The van der Waals surface area contributed by atoms with Gasteiger partial charge in [-0.25, -0.2) is 0 Å². The fraction of sp³-hybridized carbons (Fsp3) is 0.818. The van der Waals surface area contributed by atoms with Gasteiger partial charge in [0.25, 0.3) is 10.1 Å². The number of hydrogen-bond acceptors (Lipinski definition) is 3. The lowest BCUT2D eigenvalue weighted by Gasteiger charge is -2.26. The molecule has 0 saturated heterocycles. The Labute approximate surface area is 102 Å². The summed E-state index contributed by atoms with van der Waals surface area (Å²) >= 11 is 1.84. The predicted octanol–water partition coefficient (Wildman–Crippen LogP) is 2.74. The molecule has 1 fully saturated rings. The van der Waals surface area contributed by atoms with Crippen LogP contribution < -0.4 is 0 Å². The quantitative estimate of drug-likeness (QED) is 0.455. The van der Waals surface area contributed by atoms with Gasteiger partial charge in [0.2, 0.25) is 0 Å². The summed E-state index contributed by atoms with van der Waals surface area (Å²) in [5.74, 6) is 1.39. The second kappa shape index (κ2) is 6.67. The van der Waals surface area contributed by atoms with Crippen molar-refractivity contribution in [3.63, 3.8) is 0 Å². The highest BCUT2D eigenvalue weighted by molar-refractivity contribution is 7.99. The first-order chi connectivity index (χ1) is 7.51. The van der Waals surface area contributed by atoms with Crippen LogP contribution in [0.1, 0.15) is 32.1 Å². The zero-order chi connectivity index (χ0) is 12.0. The maximum atomic E-state index is 10.5. The van der Waals surface area contributed by atoms with E-state index in [2.05, 4.69) is 6.58 Å². The molecule has 0 atom stereocenters. The third-order valence-corrected chi connectivity index (χ3v) is 5.22. The van der Waals surface area contributed by atoms with Crippen molar-refractivity contribution < 1.29 is 13.0 Å². The normalized spacial score (nSPS) is 26.6. The van der Waals surface area contributed by atoms with E-state index in [1.165, 1.54) is 25.7 Å². The molecule has 1 saturated carbocycles. The summed E-state index contributed by atoms with van der Waals surface area (Å²) in [6, 6.07) is 0. The Morgan fingerprint density at radius 1 is 1.31 bits per heavy atom. The molecule has 0 aromatic rings. The van der Waals surface area contributed by atoms with Crippen LogP contribution in [-0.4, -0.2) is 29.7 Å². The van der Waals surface area contributed by atoms with Crippen molar-refractivity contribution in [2.45, 2.75) is 37.4 Å². The summed E-state index contributed by atoms with van der Waals surface area (Å²) in [5, 5.41) is 0.664. The molecule has 0 heterocycles. The van der Waals surface area contributed by atoms with Crippen molar-refractivity contribution in [2.24, 2.45) is 5.92 Å². The molecular formula is C11H20O3S2. The molecule has 0 amide bonds. The molecule has 1 aliphatic carbocycles. The molecule has 0 unspecified atom stereocenters. The zero-order valence-corrected chi connectivity index (χ0v) is 11.1. The van der Waals surface area contributed by atoms with E-state index >= 15 is 0 Å². The van der Waals surface area contributed by atoms with Gasteiger partial charge < -0.3 is 0 Å². The average Bonchev–Trinajstić information content (AvgIpc) is 2.24. The van der Waals surface area contributed by atoms with Gasteiger partial charge in [-0.3, -0.25) is 4.55 Å². The Kier molecular flexibility index (Phi) is 5.86. The van der Waals surface area contributed by atoms with Crippen molar-refractivity contribution in [3.05, 3.63) is 12.7 Å². The van der Waals surface area contributed by atoms with Crippen molar-refractivity contribution in [2.75, 3.05) is 11.5 Å². The molecule has 16 heavy (non-hydrogen) atoms. The Morgan fingerprint density at radius 3 is 2.44 bits per heavy atom. The fourth-order valence-electron chi connectivity index (χ4n) is 1.98. The highest BCUT2D eigenvalue weighted by atomic mass is 32.2. The predicted molar refractivity (Wildman–Crippen MR) is 69.4 cm³/mol. The summed E-state index contributed by atoms with van der Waals surface area (Å²) < 4.78 is 29.6. The largest absolute Gasteiger partial charge is 0.286 e. The van der Waals surface area contributed by atoms with Gasteiger partial charge in [0.1, 0.15) is 0 Å². The van der Waals surface area contributed by atoms with Crippen LogP contribution in [-0.2, 0) is 10.1 Å². The Balaban J connectivity index is 2.09. The second-order valence-electron chi connectivity index (χ2n) is 4.28. The summed E-state index contributed by atoms with van der Waals surface area (Å²) in [7, 11) is -3.77. The minimum atomic E-state index is -3.77. The summed E-state index contributed by atoms with van der Waals surface area (Å²) in [4.78, 5) is 0. The second-order valence-corrected chi connectivity index (χ2v) is 7.26. The highest BCUT2D eigenvalue weighted by Gasteiger charge is 2.19. The molecule has 0 radical (unpaired) electrons. The lowest BCUT2D eigenvalue weighted by atomic mass is 9.89. The van der Waals surface area contributed by atoms with Gasteiger partial charge in [0.05, 0.1) is 5.75 Å². The average molecular weight is 264 g/mol. The minimum Gasteiger partial charge on any atom is -0.286 e. The molecule has 1 N–H and O–H groups in total. The van der Waals surface area contributed by atoms with Crippen LogP contribution in [0.3, 0.4) is 0 Å². The van der Waals surface area contributed by atoms with Gasteiger partial charge in [0.15, 0.2) is 0 Å². The van der Waals surface area contributed by atoms with Crippen LogP contribution in [0.2, 0.25) is 0 Å². The molecule has 0 spiro atoms. The van der Waals surface area contributed by atoms with Crippen LogP contribution in [0, 0.1) is 5.92 Å². The third-order valence-electron chi connectivity index (χ3n) is 2.95. The third kappa shape index (κ3) is 5.92. The van der Waals surface area contributed by atoms with Crippen molar-refractivity contribution in [1.82, 2.24) is 0 Å². The number of hydrogen-bond donors (Lipinski definition) is 1. The molecule has 0 aromatic heterocycles. The van der Waals surface area contributed by atoms with E-state index in [1.807, 2.05) is 17.8 Å². The van der Waals surface area contributed by atoms with Gasteiger partial charge in [-0.2, -0.15) is 20.2 Å². The first-order valence-electron chi connectivity index (χ1n) is 5.70. The van der Waals surface area contributed by atoms with Gasteiger partial charge in [-0.15, -0.1) is 6.58 Å². The molecule has 3 nitrogen and oxygen atoms in total. The van der Waals surface area contributed by atoms with Crippen LogP contribution in [0.4, 0.5) is 0 Å². The highest BCUT2D eigenvalue weighted by Crippen LogP contribution is 2.32. The summed E-state index contributed by atoms with van der Waals surface area (Å²) in [6.07, 6.45) is 7.41. The maximum Gasteiger partial charge on any atom is 0.264 e. The number of rotatable bonds is 6. The van der Waals surface area contributed by atoms with Crippen LogP contribution in [0.5, 0.6) is 0 Å². The first kappa shape index (κ1) is 14.1. The molecule has 94 valence electrons. The lowest BCUT2D eigenvalue weighted by Crippen LogP contribution is -2.15. The van der Waals surface area contributed by atoms with Crippen LogP contribution in [0.15, 0.2) is 12.7 Å². The number of allylic oxidation sites excluding steroid dienone is 1. The first-order valence-corrected chi connectivity index (χ1v) is 8.36. The SMILES string of the molecule is C=CC1CCC(SCCCS(=O)(=O)O)CC1. The van der Waals surface area contributed by atoms with Gasteiger partial charge >= 0.3 is 0 Å². The van der Waals surface area contributed by atoms with E-state index < -0.39 is 10.1 Å². The summed E-state index contributed by atoms with van der Waals surface area (Å²) in [5.41, 5.74) is 0. The van der Waals surface area contributed by atoms with Gasteiger partial charge in [-0.05, 0) is 43.8 Å². The summed E-state index contributed by atoms with van der Waals surface area (Å²) in [6.45, 7) is 3.81. The zero-order valence-electron chi connectivity index (χ0n) is 9.47. The maximum absolute atomic E-state index is 10.5. The van der Waals surface area contributed by atoms with Crippen LogP contribution in [0.25, 0.3) is 0 Å². The van der Waals surface area contributed by atoms with Gasteiger partial charge in [0, 0.05) is 5.25 Å². The van der Waals surface area contributed by atoms with Crippen molar-refractivity contribution in [3.8, 4) is 0 Å². The van der Waals surface area contributed by atoms with E-state index in [1.54, 1.807) is 0 Å². The smallest absolute Gasteiger partial charge is 0.264 e. The molecule has 0 bridgehead atoms. The van der Waals surface area contributed by atoms with Crippen molar-refractivity contribution in [1.29, 1.82) is 0 Å². The Morgan fingerprint density at radius 2 is 1.94 bits per heavy atom. The monoisotopic (exact) mass is 264 g/mol. The lowest BCUT2D eigenvalue weighted by molar-refractivity contribution is 0.429. The van der Waals surface area contributed by atoms with E-state index in [4.69, 9.17) is 4.55 Å². The van der Waals surface area contributed by atoms with Crippen molar-refractivity contribution >= 4 is 21.9 Å². The molecular weight excluding hydrogens is 244 g/mol. The molecule has 0 aromatic carbocycles. The topological polar surface area (TPSA) is 54.4 Å². The van der Waals surface area contributed by atoms with Crippen LogP contribution >= 0.6 is 11.8 Å².